The average Bonchev–Trinajstić information content (AvgIpc) is 2.47. The summed E-state index contributed by atoms with van der Waals surface area (Å²) in [5.41, 5.74) is 2.65. The Kier molecular flexibility index (Phi) is 3.97. The molecule has 2 aliphatic rings. The Morgan fingerprint density at radius 1 is 1.21 bits per heavy atom. The van der Waals surface area contributed by atoms with Gasteiger partial charge in [-0.1, -0.05) is 0 Å². The Balaban J connectivity index is 1.61. The molecule has 1 aromatic heterocycles. The summed E-state index contributed by atoms with van der Waals surface area (Å²) in [6, 6.07) is 0. The number of hydrogen-bond acceptors (Lipinski definition) is 4. The smallest absolute Gasteiger partial charge is 0.132 e. The van der Waals surface area contributed by atoms with Gasteiger partial charge in [0, 0.05) is 17.8 Å². The Labute approximate surface area is 115 Å². The zero-order valence-corrected chi connectivity index (χ0v) is 11.9. The highest BCUT2D eigenvalue weighted by atomic mass is 15.1. The maximum atomic E-state index is 4.46. The van der Waals surface area contributed by atoms with Crippen LogP contribution >= 0.6 is 0 Å². The minimum absolute atomic E-state index is 0.797. The molecule has 1 fully saturated rings. The highest BCUT2D eigenvalue weighted by Gasteiger charge is 2.19. The van der Waals surface area contributed by atoms with Crippen molar-refractivity contribution in [1.29, 1.82) is 0 Å². The van der Waals surface area contributed by atoms with E-state index in [1.54, 1.807) is 6.33 Å². The Hall–Kier alpha value is -1.16. The maximum absolute atomic E-state index is 4.46. The number of nitrogens with zero attached hydrogens (tertiary/aromatic N) is 3. The van der Waals surface area contributed by atoms with Gasteiger partial charge >= 0.3 is 0 Å². The van der Waals surface area contributed by atoms with Gasteiger partial charge in [0.25, 0.3) is 0 Å². The van der Waals surface area contributed by atoms with Crippen LogP contribution in [0.2, 0.25) is 0 Å². The minimum Gasteiger partial charge on any atom is -0.369 e. The standard InChI is InChI=1S/C15H24N4/c1-19-8-6-12(7-9-19)10-16-15-13-4-2-3-5-14(13)17-11-18-15/h11-12H,2-10H2,1H3,(H,16,17,18). The zero-order valence-electron chi connectivity index (χ0n) is 11.9. The van der Waals surface area contributed by atoms with Crippen LogP contribution in [0.4, 0.5) is 5.82 Å². The van der Waals surface area contributed by atoms with Crippen molar-refractivity contribution in [3.05, 3.63) is 17.6 Å². The van der Waals surface area contributed by atoms with E-state index in [-0.39, 0.29) is 0 Å². The van der Waals surface area contributed by atoms with E-state index in [0.717, 1.165) is 31.1 Å². The third-order valence-electron chi connectivity index (χ3n) is 4.52. The number of aryl methyl sites for hydroxylation is 1. The minimum atomic E-state index is 0.797. The number of hydrogen-bond donors (Lipinski definition) is 1. The Morgan fingerprint density at radius 3 is 2.84 bits per heavy atom. The zero-order chi connectivity index (χ0) is 13.1. The van der Waals surface area contributed by atoms with Gasteiger partial charge in [-0.25, -0.2) is 9.97 Å². The van der Waals surface area contributed by atoms with Gasteiger partial charge in [0.15, 0.2) is 0 Å². The molecule has 4 heteroatoms. The summed E-state index contributed by atoms with van der Waals surface area (Å²) in [5.74, 6) is 1.90. The number of fused-ring (bicyclic) bond motifs is 1. The van der Waals surface area contributed by atoms with Crippen molar-refractivity contribution >= 4 is 5.82 Å². The topological polar surface area (TPSA) is 41.0 Å². The van der Waals surface area contributed by atoms with Crippen LogP contribution in [0.25, 0.3) is 0 Å². The molecule has 1 aliphatic carbocycles. The molecular formula is C15H24N4. The lowest BCUT2D eigenvalue weighted by Crippen LogP contribution is -2.33. The number of anilines is 1. The molecule has 19 heavy (non-hydrogen) atoms. The van der Waals surface area contributed by atoms with Crippen LogP contribution in [-0.2, 0) is 12.8 Å². The van der Waals surface area contributed by atoms with Gasteiger partial charge < -0.3 is 10.2 Å². The molecule has 0 amide bonds. The monoisotopic (exact) mass is 260 g/mol. The van der Waals surface area contributed by atoms with Crippen LogP contribution in [0.1, 0.15) is 36.9 Å². The summed E-state index contributed by atoms with van der Waals surface area (Å²) < 4.78 is 0. The van der Waals surface area contributed by atoms with Gasteiger partial charge in [0.05, 0.1) is 0 Å². The molecule has 1 aliphatic heterocycles. The lowest BCUT2D eigenvalue weighted by Gasteiger charge is -2.29. The second-order valence-corrected chi connectivity index (χ2v) is 5.98. The molecule has 1 aromatic rings. The van der Waals surface area contributed by atoms with Gasteiger partial charge in [-0.15, -0.1) is 0 Å². The van der Waals surface area contributed by atoms with Crippen molar-refractivity contribution in [1.82, 2.24) is 14.9 Å². The number of rotatable bonds is 3. The lowest BCUT2D eigenvalue weighted by atomic mass is 9.95. The van der Waals surface area contributed by atoms with Gasteiger partial charge in [-0.05, 0) is 64.6 Å². The fourth-order valence-corrected chi connectivity index (χ4v) is 3.18. The predicted octanol–water partition coefficient (Wildman–Crippen LogP) is 2.11. The van der Waals surface area contributed by atoms with Crippen molar-refractivity contribution in [3.8, 4) is 0 Å². The Morgan fingerprint density at radius 2 is 2.00 bits per heavy atom. The van der Waals surface area contributed by atoms with E-state index in [1.165, 1.54) is 50.0 Å². The molecule has 104 valence electrons. The predicted molar refractivity (Wildman–Crippen MR) is 77.4 cm³/mol. The van der Waals surface area contributed by atoms with Gasteiger partial charge in [-0.2, -0.15) is 0 Å². The highest BCUT2D eigenvalue weighted by molar-refractivity contribution is 5.46. The summed E-state index contributed by atoms with van der Waals surface area (Å²) in [4.78, 5) is 11.3. The molecule has 0 radical (unpaired) electrons. The van der Waals surface area contributed by atoms with E-state index in [0.29, 0.717) is 0 Å². The first-order valence-electron chi connectivity index (χ1n) is 7.58. The van der Waals surface area contributed by atoms with Crippen LogP contribution in [0.3, 0.4) is 0 Å². The second kappa shape index (κ2) is 5.87. The molecular weight excluding hydrogens is 236 g/mol. The second-order valence-electron chi connectivity index (χ2n) is 5.98. The quantitative estimate of drug-likeness (QED) is 0.903. The van der Waals surface area contributed by atoms with Crippen molar-refractivity contribution in [3.63, 3.8) is 0 Å². The van der Waals surface area contributed by atoms with E-state index < -0.39 is 0 Å². The van der Waals surface area contributed by atoms with Crippen molar-refractivity contribution < 1.29 is 0 Å². The van der Waals surface area contributed by atoms with Gasteiger partial charge in [-0.3, -0.25) is 0 Å². The largest absolute Gasteiger partial charge is 0.369 e. The van der Waals surface area contributed by atoms with Crippen LogP contribution in [-0.4, -0.2) is 41.5 Å². The van der Waals surface area contributed by atoms with Crippen molar-refractivity contribution in [2.24, 2.45) is 5.92 Å². The number of likely N-dealkylation sites (tertiary alicyclic amines) is 1. The molecule has 4 nitrogen and oxygen atoms in total. The van der Waals surface area contributed by atoms with Crippen molar-refractivity contribution in [2.45, 2.75) is 38.5 Å². The van der Waals surface area contributed by atoms with Crippen LogP contribution in [0.5, 0.6) is 0 Å². The van der Waals surface area contributed by atoms with Gasteiger partial charge in [0.1, 0.15) is 12.1 Å². The van der Waals surface area contributed by atoms with E-state index in [9.17, 15) is 0 Å². The first kappa shape index (κ1) is 12.9. The van der Waals surface area contributed by atoms with Crippen LogP contribution in [0.15, 0.2) is 6.33 Å². The third-order valence-corrected chi connectivity index (χ3v) is 4.52. The fourth-order valence-electron chi connectivity index (χ4n) is 3.18. The SMILES string of the molecule is CN1CCC(CNc2ncnc3c2CCCC3)CC1. The highest BCUT2D eigenvalue weighted by Crippen LogP contribution is 2.25. The molecule has 0 unspecified atom stereocenters. The normalized spacial score (nSPS) is 21.1. The molecule has 2 heterocycles. The number of nitrogens with one attached hydrogen (secondary N) is 1. The summed E-state index contributed by atoms with van der Waals surface area (Å²) in [6.45, 7) is 3.53. The van der Waals surface area contributed by atoms with Gasteiger partial charge in [0.2, 0.25) is 0 Å². The molecule has 0 spiro atoms. The summed E-state index contributed by atoms with van der Waals surface area (Å²) in [6.07, 6.45) is 9.16. The average molecular weight is 260 g/mol. The first-order valence-corrected chi connectivity index (χ1v) is 7.58. The molecule has 0 aromatic carbocycles. The van der Waals surface area contributed by atoms with E-state index in [1.807, 2.05) is 0 Å². The van der Waals surface area contributed by atoms with Crippen LogP contribution in [0, 0.1) is 5.92 Å². The molecule has 1 N–H and O–H groups in total. The molecule has 0 saturated carbocycles. The van der Waals surface area contributed by atoms with E-state index >= 15 is 0 Å². The molecule has 0 bridgehead atoms. The van der Waals surface area contributed by atoms with E-state index in [4.69, 9.17) is 0 Å². The molecule has 3 rings (SSSR count). The first-order chi connectivity index (χ1) is 9.33. The maximum Gasteiger partial charge on any atom is 0.132 e. The summed E-state index contributed by atoms with van der Waals surface area (Å²) in [5, 5.41) is 3.59. The fraction of sp³-hybridized carbons (Fsp3) is 0.733. The number of piperidine rings is 1. The summed E-state index contributed by atoms with van der Waals surface area (Å²) >= 11 is 0. The Bertz CT molecular complexity index is 424. The summed E-state index contributed by atoms with van der Waals surface area (Å²) in [7, 11) is 2.21. The molecule has 1 saturated heterocycles. The lowest BCUT2D eigenvalue weighted by molar-refractivity contribution is 0.226. The third kappa shape index (κ3) is 3.06. The van der Waals surface area contributed by atoms with Crippen molar-refractivity contribution in [2.75, 3.05) is 32.0 Å². The van der Waals surface area contributed by atoms with Crippen LogP contribution < -0.4 is 5.32 Å². The number of aromatic nitrogens is 2. The molecule has 0 atom stereocenters. The van der Waals surface area contributed by atoms with E-state index in [2.05, 4.69) is 27.2 Å².